The summed E-state index contributed by atoms with van der Waals surface area (Å²) in [6.07, 6.45) is 1.54. The molecule has 2 aromatic heterocycles. The number of aromatic nitrogens is 4. The summed E-state index contributed by atoms with van der Waals surface area (Å²) in [7, 11) is 0. The molecule has 0 unspecified atom stereocenters. The van der Waals surface area contributed by atoms with Gasteiger partial charge in [0.25, 0.3) is 5.56 Å². The Balaban J connectivity index is 1.98. The third-order valence-corrected chi connectivity index (χ3v) is 4.81. The van der Waals surface area contributed by atoms with Gasteiger partial charge in [-0.05, 0) is 40.2 Å². The van der Waals surface area contributed by atoms with Gasteiger partial charge in [0, 0.05) is 30.5 Å². The van der Waals surface area contributed by atoms with E-state index in [4.69, 9.17) is 4.74 Å². The van der Waals surface area contributed by atoms with E-state index in [0.29, 0.717) is 31.2 Å². The van der Waals surface area contributed by atoms with E-state index >= 15 is 0 Å². The van der Waals surface area contributed by atoms with Crippen molar-refractivity contribution in [1.82, 2.24) is 24.2 Å². The summed E-state index contributed by atoms with van der Waals surface area (Å²) in [5.41, 5.74) is 2.19. The molecule has 0 aromatic carbocycles. The van der Waals surface area contributed by atoms with E-state index in [2.05, 4.69) is 10.1 Å². The number of ether oxygens (including phenoxy) is 1. The van der Waals surface area contributed by atoms with Gasteiger partial charge >= 0.3 is 0 Å². The maximum atomic E-state index is 12.9. The van der Waals surface area contributed by atoms with E-state index in [0.717, 1.165) is 17.8 Å². The minimum Gasteiger partial charge on any atom is -0.372 e. The van der Waals surface area contributed by atoms with Crippen LogP contribution in [0.25, 0.3) is 5.95 Å². The fourth-order valence-electron chi connectivity index (χ4n) is 3.68. The summed E-state index contributed by atoms with van der Waals surface area (Å²) in [5, 5.41) is 4.48. The van der Waals surface area contributed by atoms with E-state index in [9.17, 15) is 9.59 Å². The van der Waals surface area contributed by atoms with Crippen molar-refractivity contribution < 1.29 is 9.53 Å². The van der Waals surface area contributed by atoms with Crippen LogP contribution in [0.2, 0.25) is 0 Å². The summed E-state index contributed by atoms with van der Waals surface area (Å²) in [6, 6.07) is 3.45. The molecule has 0 bridgehead atoms. The number of hydrogen-bond donors (Lipinski definition) is 0. The number of amides is 1. The van der Waals surface area contributed by atoms with Crippen LogP contribution in [-0.4, -0.2) is 55.4 Å². The number of hydrogen-bond acceptors (Lipinski definition) is 5. The normalized spacial score (nSPS) is 19.8. The summed E-state index contributed by atoms with van der Waals surface area (Å²) < 4.78 is 8.77. The first-order valence-corrected chi connectivity index (χ1v) is 9.86. The second-order valence-corrected chi connectivity index (χ2v) is 7.62. The van der Waals surface area contributed by atoms with Gasteiger partial charge in [0.15, 0.2) is 0 Å². The molecule has 0 radical (unpaired) electrons. The van der Waals surface area contributed by atoms with E-state index in [-0.39, 0.29) is 30.2 Å². The van der Waals surface area contributed by atoms with Crippen molar-refractivity contribution in [1.29, 1.82) is 0 Å². The van der Waals surface area contributed by atoms with Crippen LogP contribution < -0.4 is 5.56 Å². The Kier molecular flexibility index (Phi) is 5.98. The lowest BCUT2D eigenvalue weighted by atomic mass is 10.2. The van der Waals surface area contributed by atoms with Crippen LogP contribution in [0.3, 0.4) is 0 Å². The third kappa shape index (κ3) is 4.32. The molecular formula is C20H29N5O3. The number of aryl methyl sites for hydroxylation is 3. The van der Waals surface area contributed by atoms with Crippen molar-refractivity contribution in [2.45, 2.75) is 66.2 Å². The highest BCUT2D eigenvalue weighted by atomic mass is 16.5. The molecule has 1 saturated heterocycles. The number of morpholine rings is 1. The highest BCUT2D eigenvalue weighted by Gasteiger charge is 2.27. The Morgan fingerprint density at radius 1 is 1.21 bits per heavy atom. The van der Waals surface area contributed by atoms with E-state index in [1.165, 1.54) is 10.6 Å². The van der Waals surface area contributed by atoms with Gasteiger partial charge in [0.1, 0.15) is 6.54 Å². The molecule has 1 amide bonds. The van der Waals surface area contributed by atoms with Crippen molar-refractivity contribution in [3.8, 4) is 5.95 Å². The summed E-state index contributed by atoms with van der Waals surface area (Å²) in [4.78, 5) is 32.2. The van der Waals surface area contributed by atoms with E-state index < -0.39 is 0 Å². The Labute approximate surface area is 165 Å². The first-order valence-electron chi connectivity index (χ1n) is 9.86. The molecule has 1 aliphatic heterocycles. The highest BCUT2D eigenvalue weighted by Crippen LogP contribution is 2.14. The monoisotopic (exact) mass is 387 g/mol. The maximum Gasteiger partial charge on any atom is 0.255 e. The summed E-state index contributed by atoms with van der Waals surface area (Å²) in [5.74, 6) is 0.279. The van der Waals surface area contributed by atoms with E-state index in [1.54, 1.807) is 9.58 Å². The SMILES string of the molecule is CCCc1cc(=O)n(CC(=O)N2C[C@@H](C)O[C@@H](C)C2)c(-n2nc(C)cc2C)n1. The molecule has 0 aliphatic carbocycles. The van der Waals surface area contributed by atoms with Crippen molar-refractivity contribution >= 4 is 5.91 Å². The van der Waals surface area contributed by atoms with Gasteiger partial charge in [-0.1, -0.05) is 13.3 Å². The zero-order valence-electron chi connectivity index (χ0n) is 17.3. The zero-order valence-corrected chi connectivity index (χ0v) is 17.3. The molecule has 8 heteroatoms. The van der Waals surface area contributed by atoms with Gasteiger partial charge in [0.05, 0.1) is 17.9 Å². The molecule has 8 nitrogen and oxygen atoms in total. The van der Waals surface area contributed by atoms with Crippen LogP contribution in [0.5, 0.6) is 0 Å². The molecule has 0 N–H and O–H groups in total. The van der Waals surface area contributed by atoms with Gasteiger partial charge in [0.2, 0.25) is 11.9 Å². The van der Waals surface area contributed by atoms with Crippen LogP contribution in [-0.2, 0) is 22.5 Å². The van der Waals surface area contributed by atoms with Gasteiger partial charge in [-0.2, -0.15) is 5.10 Å². The first-order chi connectivity index (χ1) is 13.3. The largest absolute Gasteiger partial charge is 0.372 e. The lowest BCUT2D eigenvalue weighted by Gasteiger charge is -2.35. The summed E-state index contributed by atoms with van der Waals surface area (Å²) >= 11 is 0. The van der Waals surface area contributed by atoms with Crippen LogP contribution in [0.4, 0.5) is 0 Å². The van der Waals surface area contributed by atoms with Crippen LogP contribution >= 0.6 is 0 Å². The van der Waals surface area contributed by atoms with Crippen LogP contribution in [0.1, 0.15) is 44.3 Å². The Morgan fingerprint density at radius 3 is 2.46 bits per heavy atom. The number of carbonyl (C=O) groups is 1. The van der Waals surface area contributed by atoms with Crippen molar-refractivity contribution in [2.75, 3.05) is 13.1 Å². The second kappa shape index (κ2) is 8.26. The first kappa shape index (κ1) is 20.3. The van der Waals surface area contributed by atoms with Gasteiger partial charge < -0.3 is 9.64 Å². The maximum absolute atomic E-state index is 12.9. The number of carbonyl (C=O) groups excluding carboxylic acids is 1. The molecular weight excluding hydrogens is 358 g/mol. The highest BCUT2D eigenvalue weighted by molar-refractivity contribution is 5.76. The van der Waals surface area contributed by atoms with Crippen molar-refractivity contribution in [2.24, 2.45) is 0 Å². The zero-order chi connectivity index (χ0) is 20.4. The predicted molar refractivity (Wildman–Crippen MR) is 106 cm³/mol. The molecule has 2 aromatic rings. The second-order valence-electron chi connectivity index (χ2n) is 7.62. The lowest BCUT2D eigenvalue weighted by molar-refractivity contribution is -0.143. The molecule has 152 valence electrons. The summed E-state index contributed by atoms with van der Waals surface area (Å²) in [6.45, 7) is 10.7. The average molecular weight is 387 g/mol. The molecule has 28 heavy (non-hydrogen) atoms. The van der Waals surface area contributed by atoms with Gasteiger partial charge in [-0.15, -0.1) is 0 Å². The molecule has 0 spiro atoms. The standard InChI is InChI=1S/C20H29N5O3/c1-6-7-17-9-18(26)24(20(21-17)25-14(3)8-13(2)22-25)12-19(27)23-10-15(4)28-16(5)11-23/h8-9,15-16H,6-7,10-12H2,1-5H3/t15-,16+. The fourth-order valence-corrected chi connectivity index (χ4v) is 3.68. The Morgan fingerprint density at radius 2 is 1.89 bits per heavy atom. The predicted octanol–water partition coefficient (Wildman–Crippen LogP) is 1.63. The topological polar surface area (TPSA) is 82.3 Å². The minimum atomic E-state index is -0.233. The van der Waals surface area contributed by atoms with E-state index in [1.807, 2.05) is 40.7 Å². The van der Waals surface area contributed by atoms with Gasteiger partial charge in [-0.25, -0.2) is 9.67 Å². The molecule has 3 rings (SSSR count). The number of rotatable bonds is 5. The van der Waals surface area contributed by atoms with Gasteiger partial charge in [-0.3, -0.25) is 14.2 Å². The number of nitrogens with zero attached hydrogens (tertiary/aromatic N) is 5. The smallest absolute Gasteiger partial charge is 0.255 e. The molecule has 0 saturated carbocycles. The van der Waals surface area contributed by atoms with Crippen molar-refractivity contribution in [3.63, 3.8) is 0 Å². The Hall–Kier alpha value is -2.48. The molecule has 3 heterocycles. The van der Waals surface area contributed by atoms with Crippen LogP contribution in [0, 0.1) is 13.8 Å². The molecule has 1 aliphatic rings. The third-order valence-electron chi connectivity index (χ3n) is 4.81. The molecule has 2 atom stereocenters. The quantitative estimate of drug-likeness (QED) is 0.779. The molecule has 1 fully saturated rings. The average Bonchev–Trinajstić information content (AvgIpc) is 2.94. The van der Waals surface area contributed by atoms with Crippen molar-refractivity contribution in [3.05, 3.63) is 39.6 Å². The Bertz CT molecular complexity index is 907. The minimum absolute atomic E-state index is 0.0232. The lowest BCUT2D eigenvalue weighted by Crippen LogP contribution is -2.49. The fraction of sp³-hybridized carbons (Fsp3) is 0.600. The van der Waals surface area contributed by atoms with Crippen LogP contribution in [0.15, 0.2) is 16.9 Å².